The average Bonchev–Trinajstić information content (AvgIpc) is 2.41. The molecular weight excluding hydrogens is 290 g/mol. The third-order valence-electron chi connectivity index (χ3n) is 3.23. The zero-order valence-corrected chi connectivity index (χ0v) is 12.4. The van der Waals surface area contributed by atoms with Gasteiger partial charge in [-0.15, -0.1) is 0 Å². The average molecular weight is 304 g/mol. The lowest BCUT2D eigenvalue weighted by molar-refractivity contribution is 0.0696. The van der Waals surface area contributed by atoms with Crippen LogP contribution in [0.4, 0.5) is 5.69 Å². The van der Waals surface area contributed by atoms with Gasteiger partial charge in [-0.2, -0.15) is 0 Å². The first kappa shape index (κ1) is 15.1. The van der Waals surface area contributed by atoms with Crippen LogP contribution in [0.3, 0.4) is 0 Å². The van der Waals surface area contributed by atoms with Crippen molar-refractivity contribution in [1.29, 1.82) is 0 Å². The van der Waals surface area contributed by atoms with E-state index in [1.54, 1.807) is 44.2 Å². The van der Waals surface area contributed by atoms with Gasteiger partial charge >= 0.3 is 5.97 Å². The van der Waals surface area contributed by atoms with Crippen LogP contribution in [0.2, 0.25) is 5.02 Å². The number of anilines is 1. The molecule has 0 radical (unpaired) electrons. The van der Waals surface area contributed by atoms with Gasteiger partial charge in [0, 0.05) is 16.3 Å². The summed E-state index contributed by atoms with van der Waals surface area (Å²) >= 11 is 6.00. The second kappa shape index (κ2) is 5.97. The van der Waals surface area contributed by atoms with Crippen molar-refractivity contribution in [3.8, 4) is 0 Å². The fraction of sp³-hybridized carbons (Fsp3) is 0.125. The lowest BCUT2D eigenvalue weighted by Gasteiger charge is -2.10. The van der Waals surface area contributed by atoms with Crippen LogP contribution in [0, 0.1) is 13.8 Å². The van der Waals surface area contributed by atoms with E-state index in [4.69, 9.17) is 16.7 Å². The number of aromatic carboxylic acids is 1. The van der Waals surface area contributed by atoms with E-state index in [9.17, 15) is 9.59 Å². The van der Waals surface area contributed by atoms with E-state index in [1.807, 2.05) is 0 Å². The third-order valence-corrected chi connectivity index (χ3v) is 3.64. The van der Waals surface area contributed by atoms with Crippen molar-refractivity contribution in [3.05, 3.63) is 63.7 Å². The van der Waals surface area contributed by atoms with Crippen LogP contribution in [0.5, 0.6) is 0 Å². The molecule has 0 aromatic heterocycles. The minimum absolute atomic E-state index is 0.215. The highest BCUT2D eigenvalue weighted by Crippen LogP contribution is 2.21. The highest BCUT2D eigenvalue weighted by Gasteiger charge is 2.12. The number of hydrogen-bond acceptors (Lipinski definition) is 2. The number of hydrogen-bond donors (Lipinski definition) is 2. The van der Waals surface area contributed by atoms with Gasteiger partial charge in [0.15, 0.2) is 0 Å². The van der Waals surface area contributed by atoms with Crippen molar-refractivity contribution in [1.82, 2.24) is 0 Å². The second-order valence-electron chi connectivity index (χ2n) is 4.70. The van der Waals surface area contributed by atoms with Crippen molar-refractivity contribution >= 4 is 29.2 Å². The molecular formula is C16H14ClNO3. The van der Waals surface area contributed by atoms with Crippen molar-refractivity contribution in [3.63, 3.8) is 0 Å². The summed E-state index contributed by atoms with van der Waals surface area (Å²) in [4.78, 5) is 23.2. The number of nitrogens with one attached hydrogen (secondary N) is 1. The minimum atomic E-state index is -0.990. The number of amides is 1. The summed E-state index contributed by atoms with van der Waals surface area (Å²) < 4.78 is 0. The molecule has 0 saturated carbocycles. The molecule has 0 fully saturated rings. The Labute approximate surface area is 127 Å². The molecule has 0 aliphatic heterocycles. The SMILES string of the molecule is Cc1cc(NC(=O)c2cccc(Cl)c2C)ccc1C(=O)O. The zero-order valence-electron chi connectivity index (χ0n) is 11.6. The fourth-order valence-corrected chi connectivity index (χ4v) is 2.21. The van der Waals surface area contributed by atoms with Gasteiger partial charge in [0.2, 0.25) is 0 Å². The Morgan fingerprint density at radius 1 is 1.10 bits per heavy atom. The molecule has 0 unspecified atom stereocenters. The minimum Gasteiger partial charge on any atom is -0.478 e. The predicted molar refractivity (Wildman–Crippen MR) is 82.3 cm³/mol. The summed E-state index contributed by atoms with van der Waals surface area (Å²) in [5.41, 5.74) is 2.54. The van der Waals surface area contributed by atoms with Gasteiger partial charge in [-0.3, -0.25) is 4.79 Å². The van der Waals surface area contributed by atoms with Crippen molar-refractivity contribution in [2.24, 2.45) is 0 Å². The molecule has 0 bridgehead atoms. The number of carbonyl (C=O) groups is 2. The summed E-state index contributed by atoms with van der Waals surface area (Å²) in [5, 5.41) is 12.3. The van der Waals surface area contributed by atoms with Crippen LogP contribution < -0.4 is 5.32 Å². The molecule has 108 valence electrons. The topological polar surface area (TPSA) is 66.4 Å². The van der Waals surface area contributed by atoms with Crippen LogP contribution in [0.25, 0.3) is 0 Å². The highest BCUT2D eigenvalue weighted by molar-refractivity contribution is 6.32. The predicted octanol–water partition coefficient (Wildman–Crippen LogP) is 3.91. The van der Waals surface area contributed by atoms with Crippen LogP contribution in [0.15, 0.2) is 36.4 Å². The molecule has 0 atom stereocenters. The standard InChI is InChI=1S/C16H14ClNO3/c1-9-8-11(6-7-12(9)16(20)21)18-15(19)13-4-3-5-14(17)10(13)2/h3-8H,1-2H3,(H,18,19)(H,20,21). The molecule has 2 N–H and O–H groups in total. The number of benzene rings is 2. The van der Waals surface area contributed by atoms with Crippen molar-refractivity contribution in [2.45, 2.75) is 13.8 Å². The Balaban J connectivity index is 2.26. The molecule has 2 rings (SSSR count). The van der Waals surface area contributed by atoms with Gasteiger partial charge < -0.3 is 10.4 Å². The fourth-order valence-electron chi connectivity index (χ4n) is 2.03. The van der Waals surface area contributed by atoms with Gasteiger partial charge in [-0.1, -0.05) is 17.7 Å². The Morgan fingerprint density at radius 3 is 2.43 bits per heavy atom. The van der Waals surface area contributed by atoms with Gasteiger partial charge in [0.05, 0.1) is 5.56 Å². The van der Waals surface area contributed by atoms with E-state index >= 15 is 0 Å². The van der Waals surface area contributed by atoms with Gasteiger partial charge in [0.25, 0.3) is 5.91 Å². The van der Waals surface area contributed by atoms with E-state index in [1.165, 1.54) is 6.07 Å². The number of carbonyl (C=O) groups excluding carboxylic acids is 1. The highest BCUT2D eigenvalue weighted by atomic mass is 35.5. The molecule has 0 aliphatic carbocycles. The maximum Gasteiger partial charge on any atom is 0.335 e. The Bertz CT molecular complexity index is 725. The third kappa shape index (κ3) is 3.23. The smallest absolute Gasteiger partial charge is 0.335 e. The molecule has 21 heavy (non-hydrogen) atoms. The van der Waals surface area contributed by atoms with Crippen LogP contribution in [-0.4, -0.2) is 17.0 Å². The first-order valence-corrected chi connectivity index (χ1v) is 6.68. The summed E-state index contributed by atoms with van der Waals surface area (Å²) in [6, 6.07) is 9.78. The molecule has 1 amide bonds. The molecule has 4 nitrogen and oxygen atoms in total. The molecule has 0 spiro atoms. The number of carboxylic acid groups (broad SMARTS) is 1. The van der Waals surface area contributed by atoms with E-state index in [2.05, 4.69) is 5.32 Å². The molecule has 0 heterocycles. The van der Waals surface area contributed by atoms with Crippen LogP contribution in [-0.2, 0) is 0 Å². The summed E-state index contributed by atoms with van der Waals surface area (Å²) in [6.45, 7) is 3.46. The number of carboxylic acids is 1. The lowest BCUT2D eigenvalue weighted by atomic mass is 10.1. The van der Waals surface area contributed by atoms with Gasteiger partial charge in [0.1, 0.15) is 0 Å². The maximum absolute atomic E-state index is 12.2. The summed E-state index contributed by atoms with van der Waals surface area (Å²) in [6.07, 6.45) is 0. The van der Waals surface area contributed by atoms with E-state index in [0.29, 0.717) is 27.4 Å². The molecule has 0 aliphatic rings. The van der Waals surface area contributed by atoms with E-state index in [-0.39, 0.29) is 11.5 Å². The number of halogens is 1. The quantitative estimate of drug-likeness (QED) is 0.903. The maximum atomic E-state index is 12.2. The number of rotatable bonds is 3. The van der Waals surface area contributed by atoms with Gasteiger partial charge in [-0.05, 0) is 55.3 Å². The first-order chi connectivity index (χ1) is 9.90. The van der Waals surface area contributed by atoms with Crippen molar-refractivity contribution < 1.29 is 14.7 Å². The number of aryl methyl sites for hydroxylation is 1. The van der Waals surface area contributed by atoms with Crippen LogP contribution in [0.1, 0.15) is 31.8 Å². The zero-order chi connectivity index (χ0) is 15.6. The van der Waals surface area contributed by atoms with Crippen LogP contribution >= 0.6 is 11.6 Å². The van der Waals surface area contributed by atoms with E-state index in [0.717, 1.165) is 0 Å². The largest absolute Gasteiger partial charge is 0.478 e. The second-order valence-corrected chi connectivity index (χ2v) is 5.11. The molecule has 2 aromatic carbocycles. The molecule has 5 heteroatoms. The Kier molecular flexibility index (Phi) is 4.29. The molecule has 0 saturated heterocycles. The monoisotopic (exact) mass is 303 g/mol. The summed E-state index contributed by atoms with van der Waals surface area (Å²) in [7, 11) is 0. The Morgan fingerprint density at radius 2 is 1.81 bits per heavy atom. The lowest BCUT2D eigenvalue weighted by Crippen LogP contribution is -2.14. The molecule has 2 aromatic rings. The van der Waals surface area contributed by atoms with Crippen molar-refractivity contribution in [2.75, 3.05) is 5.32 Å². The van der Waals surface area contributed by atoms with Gasteiger partial charge in [-0.25, -0.2) is 4.79 Å². The first-order valence-electron chi connectivity index (χ1n) is 6.30. The Hall–Kier alpha value is -2.33. The normalized spacial score (nSPS) is 10.2. The van der Waals surface area contributed by atoms with E-state index < -0.39 is 5.97 Å². The summed E-state index contributed by atoms with van der Waals surface area (Å²) in [5.74, 6) is -1.27.